The highest BCUT2D eigenvalue weighted by Gasteiger charge is 2.27. The van der Waals surface area contributed by atoms with E-state index in [4.69, 9.17) is 4.74 Å². The van der Waals surface area contributed by atoms with Crippen LogP contribution in [0.15, 0.2) is 53.4 Å². The van der Waals surface area contributed by atoms with Crippen molar-refractivity contribution < 1.29 is 18.3 Å². The molecule has 0 spiro atoms. The lowest BCUT2D eigenvalue weighted by molar-refractivity contribution is 0.145. The van der Waals surface area contributed by atoms with E-state index in [9.17, 15) is 13.5 Å². The SMILES string of the molecule is COc1ccc(N2CCC(O)CC2)cc1Nc1ncc(Br)c(Nc2ccc3nccnc3c2N(C)S(=O)(=O)C(C)C)n1. The largest absolute Gasteiger partial charge is 0.495 e. The zero-order chi connectivity index (χ0) is 30.0. The van der Waals surface area contributed by atoms with Crippen molar-refractivity contribution in [1.29, 1.82) is 0 Å². The summed E-state index contributed by atoms with van der Waals surface area (Å²) in [6.45, 7) is 4.78. The average molecular weight is 658 g/mol. The molecule has 4 aromatic rings. The molecule has 12 nitrogen and oxygen atoms in total. The number of halogens is 1. The zero-order valence-electron chi connectivity index (χ0n) is 23.7. The second-order valence-corrected chi connectivity index (χ2v) is 13.6. The number of aliphatic hydroxyl groups excluding tert-OH is 1. The number of nitrogens with zero attached hydrogens (tertiary/aromatic N) is 6. The summed E-state index contributed by atoms with van der Waals surface area (Å²) in [5.41, 5.74) is 3.51. The molecule has 1 aliphatic heterocycles. The maximum atomic E-state index is 13.2. The van der Waals surface area contributed by atoms with E-state index in [1.54, 1.807) is 45.5 Å². The third-order valence-corrected chi connectivity index (χ3v) is 9.88. The molecule has 222 valence electrons. The minimum Gasteiger partial charge on any atom is -0.495 e. The van der Waals surface area contributed by atoms with E-state index in [0.717, 1.165) is 31.6 Å². The molecule has 0 saturated carbocycles. The Bertz CT molecular complexity index is 1700. The maximum absolute atomic E-state index is 13.2. The Balaban J connectivity index is 1.49. The molecule has 0 unspecified atom stereocenters. The summed E-state index contributed by atoms with van der Waals surface area (Å²) in [5.74, 6) is 1.33. The van der Waals surface area contributed by atoms with Gasteiger partial charge in [0.1, 0.15) is 22.8 Å². The zero-order valence-corrected chi connectivity index (χ0v) is 26.1. The summed E-state index contributed by atoms with van der Waals surface area (Å²) in [6.07, 6.45) is 5.87. The van der Waals surface area contributed by atoms with E-state index in [0.29, 0.717) is 50.1 Å². The third-order valence-electron chi connectivity index (χ3n) is 7.16. The van der Waals surface area contributed by atoms with E-state index in [1.807, 2.05) is 18.2 Å². The van der Waals surface area contributed by atoms with Gasteiger partial charge in [-0.05, 0) is 73.0 Å². The van der Waals surface area contributed by atoms with Crippen LogP contribution in [0.1, 0.15) is 26.7 Å². The first-order valence-corrected chi connectivity index (χ1v) is 15.8. The van der Waals surface area contributed by atoms with Crippen molar-refractivity contribution in [2.75, 3.05) is 47.1 Å². The molecule has 0 bridgehead atoms. The standard InChI is InChI=1S/C28H33BrN8O4S/c1-17(2)42(39,40)36(3)26-22(7-6-21-25(26)31-12-11-30-21)33-27-20(29)16-32-28(35-27)34-23-15-18(5-8-24(23)41-4)37-13-9-19(38)10-14-37/h5-8,11-12,15-17,19,38H,9-10,13-14H2,1-4H3,(H2,32,33,34,35). The van der Waals surface area contributed by atoms with Gasteiger partial charge in [0.05, 0.1) is 39.8 Å². The van der Waals surface area contributed by atoms with Gasteiger partial charge in [0, 0.05) is 44.4 Å². The van der Waals surface area contributed by atoms with Gasteiger partial charge in [-0.15, -0.1) is 0 Å². The highest BCUT2D eigenvalue weighted by atomic mass is 79.9. The molecule has 0 aliphatic carbocycles. The molecule has 5 rings (SSSR count). The molecule has 14 heteroatoms. The van der Waals surface area contributed by atoms with Gasteiger partial charge in [0.2, 0.25) is 16.0 Å². The minimum atomic E-state index is -3.68. The smallest absolute Gasteiger partial charge is 0.237 e. The topological polar surface area (TPSA) is 146 Å². The van der Waals surface area contributed by atoms with Crippen molar-refractivity contribution in [2.45, 2.75) is 38.0 Å². The van der Waals surface area contributed by atoms with E-state index in [1.165, 1.54) is 17.5 Å². The van der Waals surface area contributed by atoms with Gasteiger partial charge in [-0.1, -0.05) is 0 Å². The van der Waals surface area contributed by atoms with Crippen LogP contribution in [0.3, 0.4) is 0 Å². The monoisotopic (exact) mass is 656 g/mol. The van der Waals surface area contributed by atoms with Crippen molar-refractivity contribution in [3.8, 4) is 5.75 Å². The molecule has 3 N–H and O–H groups in total. The molecular formula is C28H33BrN8O4S. The number of ether oxygens (including phenoxy) is 1. The van der Waals surface area contributed by atoms with Gasteiger partial charge in [-0.2, -0.15) is 4.98 Å². The van der Waals surface area contributed by atoms with Crippen LogP contribution < -0.4 is 24.6 Å². The van der Waals surface area contributed by atoms with Crippen molar-refractivity contribution in [3.63, 3.8) is 0 Å². The molecule has 42 heavy (non-hydrogen) atoms. The number of hydrogen-bond acceptors (Lipinski definition) is 11. The second-order valence-electron chi connectivity index (χ2n) is 10.2. The number of methoxy groups -OCH3 is 1. The van der Waals surface area contributed by atoms with Crippen LogP contribution in [0.25, 0.3) is 11.0 Å². The number of aromatic nitrogens is 4. The van der Waals surface area contributed by atoms with Gasteiger partial charge in [0.25, 0.3) is 0 Å². The Labute approximate surface area is 253 Å². The molecule has 0 atom stereocenters. The predicted molar refractivity (Wildman–Crippen MR) is 169 cm³/mol. The molecule has 3 heterocycles. The van der Waals surface area contributed by atoms with E-state index in [2.05, 4.69) is 51.4 Å². The van der Waals surface area contributed by atoms with E-state index >= 15 is 0 Å². The highest BCUT2D eigenvalue weighted by Crippen LogP contribution is 2.38. The summed E-state index contributed by atoms with van der Waals surface area (Å²) >= 11 is 3.52. The van der Waals surface area contributed by atoms with Crippen LogP contribution in [0.2, 0.25) is 0 Å². The molecular weight excluding hydrogens is 624 g/mol. The minimum absolute atomic E-state index is 0.264. The Morgan fingerprint density at radius 3 is 2.52 bits per heavy atom. The summed E-state index contributed by atoms with van der Waals surface area (Å²) in [6, 6.07) is 9.37. The van der Waals surface area contributed by atoms with Gasteiger partial charge < -0.3 is 25.4 Å². The van der Waals surface area contributed by atoms with Crippen LogP contribution in [-0.2, 0) is 10.0 Å². The molecule has 1 aliphatic rings. The fourth-order valence-electron chi connectivity index (χ4n) is 4.76. The number of nitrogens with one attached hydrogen (secondary N) is 2. The third kappa shape index (κ3) is 6.05. The quantitative estimate of drug-likeness (QED) is 0.228. The second kappa shape index (κ2) is 12.2. The normalized spacial score (nSPS) is 14.3. The van der Waals surface area contributed by atoms with Crippen molar-refractivity contribution in [1.82, 2.24) is 19.9 Å². The first-order valence-electron chi connectivity index (χ1n) is 13.5. The van der Waals surface area contributed by atoms with Crippen molar-refractivity contribution in [2.24, 2.45) is 0 Å². The molecule has 1 fully saturated rings. The lowest BCUT2D eigenvalue weighted by Gasteiger charge is -2.32. The Kier molecular flexibility index (Phi) is 8.66. The summed E-state index contributed by atoms with van der Waals surface area (Å²) in [5, 5.41) is 15.8. The Hall–Kier alpha value is -3.75. The maximum Gasteiger partial charge on any atom is 0.237 e. The van der Waals surface area contributed by atoms with Gasteiger partial charge >= 0.3 is 0 Å². The van der Waals surface area contributed by atoms with Crippen LogP contribution in [-0.4, -0.2) is 72.1 Å². The fourth-order valence-corrected chi connectivity index (χ4v) is 6.12. The van der Waals surface area contributed by atoms with Gasteiger partial charge in [-0.25, -0.2) is 13.4 Å². The first kappa shape index (κ1) is 29.7. The molecule has 2 aromatic heterocycles. The Morgan fingerprint density at radius 2 is 1.81 bits per heavy atom. The number of benzene rings is 2. The van der Waals surface area contributed by atoms with Gasteiger partial charge in [-0.3, -0.25) is 14.3 Å². The number of sulfonamides is 1. The number of anilines is 6. The van der Waals surface area contributed by atoms with Crippen LogP contribution >= 0.6 is 15.9 Å². The number of hydrogen-bond donors (Lipinski definition) is 3. The van der Waals surface area contributed by atoms with Crippen molar-refractivity contribution in [3.05, 3.63) is 53.4 Å². The van der Waals surface area contributed by atoms with Crippen LogP contribution in [0.5, 0.6) is 5.75 Å². The number of rotatable bonds is 9. The number of fused-ring (bicyclic) bond motifs is 1. The van der Waals surface area contributed by atoms with Gasteiger partial charge in [0.15, 0.2) is 0 Å². The fraction of sp³-hybridized carbons (Fsp3) is 0.357. The lowest BCUT2D eigenvalue weighted by atomic mass is 10.1. The Morgan fingerprint density at radius 1 is 1.07 bits per heavy atom. The molecule has 1 saturated heterocycles. The van der Waals surface area contributed by atoms with E-state index < -0.39 is 15.3 Å². The average Bonchev–Trinajstić information content (AvgIpc) is 2.98. The summed E-state index contributed by atoms with van der Waals surface area (Å²) < 4.78 is 33.8. The van der Waals surface area contributed by atoms with Crippen molar-refractivity contribution >= 4 is 71.5 Å². The predicted octanol–water partition coefficient (Wildman–Crippen LogP) is 4.81. The first-order chi connectivity index (χ1) is 20.1. The summed E-state index contributed by atoms with van der Waals surface area (Å²) in [7, 11) is -0.578. The van der Waals surface area contributed by atoms with Crippen LogP contribution in [0, 0.1) is 0 Å². The molecule has 0 radical (unpaired) electrons. The summed E-state index contributed by atoms with van der Waals surface area (Å²) in [4.78, 5) is 20.1. The highest BCUT2D eigenvalue weighted by molar-refractivity contribution is 9.10. The molecule has 0 amide bonds. The lowest BCUT2D eigenvalue weighted by Crippen LogP contribution is -2.35. The van der Waals surface area contributed by atoms with E-state index in [-0.39, 0.29) is 6.10 Å². The number of aliphatic hydroxyl groups is 1. The molecule has 2 aromatic carbocycles. The van der Waals surface area contributed by atoms with Crippen LogP contribution in [0.4, 0.5) is 34.5 Å². The number of piperidine rings is 1.